The molecule has 0 aliphatic heterocycles. The van der Waals surface area contributed by atoms with Gasteiger partial charge in [-0.25, -0.2) is 4.79 Å². The Morgan fingerprint density at radius 2 is 1.79 bits per heavy atom. The molecular formula is C18H14F2N2O7. The van der Waals surface area contributed by atoms with Gasteiger partial charge in [0, 0.05) is 11.1 Å². The van der Waals surface area contributed by atoms with Crippen LogP contribution in [-0.2, 0) is 9.53 Å². The summed E-state index contributed by atoms with van der Waals surface area (Å²) in [4.78, 5) is 46.1. The number of nitro groups is 1. The maximum atomic E-state index is 12.1. The van der Waals surface area contributed by atoms with Crippen molar-refractivity contribution in [2.45, 2.75) is 13.5 Å². The van der Waals surface area contributed by atoms with E-state index in [4.69, 9.17) is 4.74 Å². The number of hydrogen-bond donors (Lipinski definition) is 1. The molecule has 2 rings (SSSR count). The van der Waals surface area contributed by atoms with Gasteiger partial charge in [-0.1, -0.05) is 12.1 Å². The second-order valence-electron chi connectivity index (χ2n) is 5.58. The smallest absolute Gasteiger partial charge is 0.387 e. The van der Waals surface area contributed by atoms with Gasteiger partial charge in [-0.3, -0.25) is 25.0 Å². The van der Waals surface area contributed by atoms with Gasteiger partial charge in [0.1, 0.15) is 11.3 Å². The number of alkyl halides is 2. The molecule has 0 unspecified atom stereocenters. The van der Waals surface area contributed by atoms with Gasteiger partial charge in [0.15, 0.2) is 6.61 Å². The van der Waals surface area contributed by atoms with Crippen LogP contribution in [0.25, 0.3) is 0 Å². The van der Waals surface area contributed by atoms with Crippen LogP contribution in [0.1, 0.15) is 26.3 Å². The molecule has 0 aromatic heterocycles. The van der Waals surface area contributed by atoms with E-state index in [-0.39, 0.29) is 22.4 Å². The summed E-state index contributed by atoms with van der Waals surface area (Å²) < 4.78 is 33.0. The van der Waals surface area contributed by atoms with Gasteiger partial charge in [0.2, 0.25) is 0 Å². The highest BCUT2D eigenvalue weighted by molar-refractivity contribution is 6.05. The predicted molar refractivity (Wildman–Crippen MR) is 93.7 cm³/mol. The third kappa shape index (κ3) is 5.79. The second-order valence-corrected chi connectivity index (χ2v) is 5.58. The zero-order chi connectivity index (χ0) is 21.6. The van der Waals surface area contributed by atoms with E-state index in [9.17, 15) is 33.3 Å². The summed E-state index contributed by atoms with van der Waals surface area (Å²) in [5, 5.41) is 13.0. The highest BCUT2D eigenvalue weighted by atomic mass is 19.3. The summed E-state index contributed by atoms with van der Waals surface area (Å²) in [6.07, 6.45) is 0. The van der Waals surface area contributed by atoms with Gasteiger partial charge < -0.3 is 9.47 Å². The third-order valence-electron chi connectivity index (χ3n) is 3.57. The topological polar surface area (TPSA) is 125 Å². The number of carbonyl (C=O) groups excluding carboxylic acids is 3. The van der Waals surface area contributed by atoms with Crippen LogP contribution in [0, 0.1) is 17.0 Å². The van der Waals surface area contributed by atoms with Crippen molar-refractivity contribution in [3.63, 3.8) is 0 Å². The molecule has 0 aliphatic rings. The molecule has 152 valence electrons. The Balaban J connectivity index is 1.94. The Hall–Kier alpha value is -3.89. The van der Waals surface area contributed by atoms with Crippen LogP contribution in [-0.4, -0.2) is 35.9 Å². The number of nitrogens with zero attached hydrogens (tertiary/aromatic N) is 1. The molecule has 11 heteroatoms. The van der Waals surface area contributed by atoms with Crippen molar-refractivity contribution in [2.24, 2.45) is 0 Å². The molecule has 2 aromatic carbocycles. The van der Waals surface area contributed by atoms with E-state index in [2.05, 4.69) is 4.74 Å². The lowest BCUT2D eigenvalue weighted by Crippen LogP contribution is -2.34. The summed E-state index contributed by atoms with van der Waals surface area (Å²) >= 11 is 0. The number of aryl methyl sites for hydroxylation is 1. The van der Waals surface area contributed by atoms with E-state index in [0.29, 0.717) is 0 Å². The molecular weight excluding hydrogens is 394 g/mol. The zero-order valence-electron chi connectivity index (χ0n) is 14.9. The number of nitrogens with one attached hydrogen (secondary N) is 1. The van der Waals surface area contributed by atoms with Gasteiger partial charge in [-0.15, -0.1) is 0 Å². The number of nitro benzene ring substituents is 1. The van der Waals surface area contributed by atoms with Crippen molar-refractivity contribution < 1.29 is 37.6 Å². The highest BCUT2D eigenvalue weighted by Crippen LogP contribution is 2.23. The van der Waals surface area contributed by atoms with Crippen LogP contribution < -0.4 is 10.1 Å². The van der Waals surface area contributed by atoms with Crippen LogP contribution >= 0.6 is 0 Å². The summed E-state index contributed by atoms with van der Waals surface area (Å²) in [7, 11) is 0. The number of rotatable bonds is 7. The average molecular weight is 408 g/mol. The molecule has 9 nitrogen and oxygen atoms in total. The van der Waals surface area contributed by atoms with Crippen LogP contribution in [0.5, 0.6) is 5.75 Å². The number of para-hydroxylation sites is 1. The van der Waals surface area contributed by atoms with Crippen LogP contribution in [0.4, 0.5) is 14.5 Å². The number of halogens is 2. The van der Waals surface area contributed by atoms with Gasteiger partial charge in [-0.2, -0.15) is 8.78 Å². The summed E-state index contributed by atoms with van der Waals surface area (Å²) in [5.74, 6) is -3.11. The molecule has 0 heterocycles. The molecule has 0 bridgehead atoms. The number of amides is 2. The number of esters is 1. The lowest BCUT2D eigenvalue weighted by molar-refractivity contribution is -0.385. The summed E-state index contributed by atoms with van der Waals surface area (Å²) in [5.41, 5.74) is -0.562. The molecule has 0 saturated carbocycles. The first-order valence-corrected chi connectivity index (χ1v) is 7.99. The fourth-order valence-corrected chi connectivity index (χ4v) is 2.30. The number of benzene rings is 2. The first-order valence-electron chi connectivity index (χ1n) is 7.99. The quantitative estimate of drug-likeness (QED) is 0.424. The Bertz CT molecular complexity index is 946. The van der Waals surface area contributed by atoms with Gasteiger partial charge in [0.25, 0.3) is 17.5 Å². The van der Waals surface area contributed by atoms with Crippen molar-refractivity contribution in [1.29, 1.82) is 0 Å². The van der Waals surface area contributed by atoms with Crippen LogP contribution in [0.15, 0.2) is 42.5 Å². The minimum atomic E-state index is -3.02. The zero-order valence-corrected chi connectivity index (χ0v) is 14.9. The first kappa shape index (κ1) is 21.4. The number of ether oxygens (including phenoxy) is 2. The molecule has 29 heavy (non-hydrogen) atoms. The number of carbonyl (C=O) groups is 3. The first-order chi connectivity index (χ1) is 13.7. The minimum Gasteiger partial charge on any atom is -0.452 e. The van der Waals surface area contributed by atoms with E-state index in [1.165, 1.54) is 25.1 Å². The van der Waals surface area contributed by atoms with Crippen molar-refractivity contribution in [1.82, 2.24) is 5.32 Å². The van der Waals surface area contributed by atoms with Gasteiger partial charge in [-0.05, 0) is 37.3 Å². The standard InChI is InChI=1S/C18H14F2N2O7/c1-10-3-2-4-13(15(10)22(26)27)17(25)28-9-14(23)21-16(24)11-5-7-12(8-6-11)29-18(19)20/h2-8,18H,9H2,1H3,(H,21,23,24). The molecule has 2 amide bonds. The van der Waals surface area contributed by atoms with Gasteiger partial charge >= 0.3 is 12.6 Å². The number of hydrogen-bond acceptors (Lipinski definition) is 7. The normalized spacial score (nSPS) is 10.3. The van der Waals surface area contributed by atoms with Crippen LogP contribution in [0.2, 0.25) is 0 Å². The van der Waals surface area contributed by atoms with E-state index in [1.807, 2.05) is 5.32 Å². The Kier molecular flexibility index (Phi) is 6.90. The predicted octanol–water partition coefficient (Wildman–Crippen LogP) is 2.62. The Morgan fingerprint density at radius 3 is 2.38 bits per heavy atom. The van der Waals surface area contributed by atoms with Crippen molar-refractivity contribution >= 4 is 23.5 Å². The van der Waals surface area contributed by atoms with Crippen LogP contribution in [0.3, 0.4) is 0 Å². The van der Waals surface area contributed by atoms with E-state index < -0.39 is 41.6 Å². The number of imide groups is 1. The molecule has 0 saturated heterocycles. The molecule has 0 radical (unpaired) electrons. The summed E-state index contributed by atoms with van der Waals surface area (Å²) in [6, 6.07) is 8.58. The molecule has 0 atom stereocenters. The SMILES string of the molecule is Cc1cccc(C(=O)OCC(=O)NC(=O)c2ccc(OC(F)F)cc2)c1[N+](=O)[O-]. The largest absolute Gasteiger partial charge is 0.452 e. The fraction of sp³-hybridized carbons (Fsp3) is 0.167. The van der Waals surface area contributed by atoms with Crippen molar-refractivity contribution in [2.75, 3.05) is 6.61 Å². The Morgan fingerprint density at radius 1 is 1.14 bits per heavy atom. The molecule has 0 aliphatic carbocycles. The highest BCUT2D eigenvalue weighted by Gasteiger charge is 2.24. The average Bonchev–Trinajstić information content (AvgIpc) is 2.65. The minimum absolute atomic E-state index is 0.0272. The lowest BCUT2D eigenvalue weighted by atomic mass is 10.1. The van der Waals surface area contributed by atoms with Crippen molar-refractivity contribution in [3.05, 3.63) is 69.3 Å². The fourth-order valence-electron chi connectivity index (χ4n) is 2.30. The molecule has 0 spiro atoms. The lowest BCUT2D eigenvalue weighted by Gasteiger charge is -2.08. The maximum absolute atomic E-state index is 12.1. The van der Waals surface area contributed by atoms with Gasteiger partial charge in [0.05, 0.1) is 4.92 Å². The third-order valence-corrected chi connectivity index (χ3v) is 3.57. The second kappa shape index (κ2) is 9.35. The van der Waals surface area contributed by atoms with E-state index in [0.717, 1.165) is 24.3 Å². The maximum Gasteiger partial charge on any atom is 0.387 e. The van der Waals surface area contributed by atoms with Crippen molar-refractivity contribution in [3.8, 4) is 5.75 Å². The molecule has 1 N–H and O–H groups in total. The monoisotopic (exact) mass is 408 g/mol. The van der Waals surface area contributed by atoms with E-state index in [1.54, 1.807) is 0 Å². The summed E-state index contributed by atoms with van der Waals surface area (Å²) in [6.45, 7) is -2.43. The molecule has 2 aromatic rings. The van der Waals surface area contributed by atoms with E-state index >= 15 is 0 Å². The Labute approximate surface area is 162 Å². The molecule has 0 fully saturated rings.